The SMILES string of the molecule is CCc1c(CNOC)cc(OC)c(OC)c1Cl. The van der Waals surface area contributed by atoms with Crippen molar-refractivity contribution in [3.8, 4) is 11.5 Å². The van der Waals surface area contributed by atoms with Gasteiger partial charge in [-0.05, 0) is 23.6 Å². The molecule has 0 aliphatic heterocycles. The zero-order valence-electron chi connectivity index (χ0n) is 10.6. The summed E-state index contributed by atoms with van der Waals surface area (Å²) in [6.07, 6.45) is 0.819. The Bertz CT molecular complexity index is 383. The van der Waals surface area contributed by atoms with Gasteiger partial charge in [-0.1, -0.05) is 18.5 Å². The Kier molecular flexibility index (Phi) is 5.55. The molecule has 1 N–H and O–H groups in total. The Morgan fingerprint density at radius 3 is 2.41 bits per heavy atom. The molecule has 0 unspecified atom stereocenters. The summed E-state index contributed by atoms with van der Waals surface area (Å²) in [7, 11) is 4.75. The second-order valence-electron chi connectivity index (χ2n) is 3.44. The lowest BCUT2D eigenvalue weighted by molar-refractivity contribution is 0.0865. The highest BCUT2D eigenvalue weighted by atomic mass is 35.5. The summed E-state index contributed by atoms with van der Waals surface area (Å²) in [5.74, 6) is 1.20. The molecular weight excluding hydrogens is 242 g/mol. The normalized spacial score (nSPS) is 10.4. The zero-order chi connectivity index (χ0) is 12.8. The fourth-order valence-corrected chi connectivity index (χ4v) is 2.15. The van der Waals surface area contributed by atoms with E-state index in [-0.39, 0.29) is 0 Å². The molecule has 0 aromatic heterocycles. The first-order valence-corrected chi connectivity index (χ1v) is 5.75. The van der Waals surface area contributed by atoms with Gasteiger partial charge in [-0.2, -0.15) is 5.48 Å². The minimum absolute atomic E-state index is 0.569. The van der Waals surface area contributed by atoms with Gasteiger partial charge in [0.2, 0.25) is 0 Å². The van der Waals surface area contributed by atoms with Gasteiger partial charge in [0.15, 0.2) is 11.5 Å². The van der Waals surface area contributed by atoms with Gasteiger partial charge in [0.25, 0.3) is 0 Å². The Balaban J connectivity index is 3.24. The predicted molar refractivity (Wildman–Crippen MR) is 67.8 cm³/mol. The minimum Gasteiger partial charge on any atom is -0.493 e. The number of hydrogen-bond donors (Lipinski definition) is 1. The molecule has 0 saturated heterocycles. The third kappa shape index (κ3) is 3.03. The molecule has 1 rings (SSSR count). The van der Waals surface area contributed by atoms with Crippen LogP contribution in [0.5, 0.6) is 11.5 Å². The smallest absolute Gasteiger partial charge is 0.179 e. The van der Waals surface area contributed by atoms with E-state index in [1.165, 1.54) is 0 Å². The number of ether oxygens (including phenoxy) is 2. The number of nitrogens with one attached hydrogen (secondary N) is 1. The number of benzene rings is 1. The minimum atomic E-state index is 0.569. The molecule has 1 aromatic carbocycles. The molecular formula is C12H18ClNO3. The van der Waals surface area contributed by atoms with Gasteiger partial charge in [0.05, 0.1) is 26.4 Å². The van der Waals surface area contributed by atoms with Crippen LogP contribution in [0.4, 0.5) is 0 Å². The summed E-state index contributed by atoms with van der Waals surface area (Å²) in [6.45, 7) is 2.61. The van der Waals surface area contributed by atoms with E-state index in [2.05, 4.69) is 5.48 Å². The van der Waals surface area contributed by atoms with Crippen molar-refractivity contribution in [2.45, 2.75) is 19.9 Å². The summed E-state index contributed by atoms with van der Waals surface area (Å²) in [5.41, 5.74) is 4.88. The van der Waals surface area contributed by atoms with E-state index in [0.29, 0.717) is 23.1 Å². The van der Waals surface area contributed by atoms with Crippen LogP contribution in [0.15, 0.2) is 6.07 Å². The Morgan fingerprint density at radius 1 is 1.24 bits per heavy atom. The van der Waals surface area contributed by atoms with E-state index < -0.39 is 0 Å². The summed E-state index contributed by atoms with van der Waals surface area (Å²) in [6, 6.07) is 1.91. The first-order chi connectivity index (χ1) is 8.19. The molecule has 96 valence electrons. The predicted octanol–water partition coefficient (Wildman–Crippen LogP) is 2.57. The Labute approximate surface area is 107 Å². The maximum atomic E-state index is 6.30. The summed E-state index contributed by atoms with van der Waals surface area (Å²) >= 11 is 6.30. The molecule has 0 atom stereocenters. The lowest BCUT2D eigenvalue weighted by Crippen LogP contribution is -2.13. The number of rotatable bonds is 6. The number of methoxy groups -OCH3 is 2. The van der Waals surface area contributed by atoms with E-state index in [0.717, 1.165) is 17.5 Å². The van der Waals surface area contributed by atoms with Crippen molar-refractivity contribution in [1.29, 1.82) is 0 Å². The zero-order valence-corrected chi connectivity index (χ0v) is 11.4. The first-order valence-electron chi connectivity index (χ1n) is 5.37. The average molecular weight is 260 g/mol. The Morgan fingerprint density at radius 2 is 1.94 bits per heavy atom. The van der Waals surface area contributed by atoms with Gasteiger partial charge in [-0.25, -0.2) is 0 Å². The van der Waals surface area contributed by atoms with E-state index in [1.807, 2.05) is 13.0 Å². The van der Waals surface area contributed by atoms with Crippen molar-refractivity contribution in [1.82, 2.24) is 5.48 Å². The molecule has 0 heterocycles. The molecule has 0 bridgehead atoms. The Hall–Kier alpha value is -0.970. The van der Waals surface area contributed by atoms with Crippen LogP contribution in [0.25, 0.3) is 0 Å². The van der Waals surface area contributed by atoms with Crippen molar-refractivity contribution in [2.24, 2.45) is 0 Å². The molecule has 0 amide bonds. The van der Waals surface area contributed by atoms with E-state index in [9.17, 15) is 0 Å². The first kappa shape index (κ1) is 14.1. The fraction of sp³-hybridized carbons (Fsp3) is 0.500. The molecule has 5 heteroatoms. The van der Waals surface area contributed by atoms with Crippen molar-refractivity contribution < 1.29 is 14.3 Å². The van der Waals surface area contributed by atoms with Gasteiger partial charge < -0.3 is 14.3 Å². The second kappa shape index (κ2) is 6.69. The molecule has 17 heavy (non-hydrogen) atoms. The van der Waals surface area contributed by atoms with Crippen LogP contribution in [0.1, 0.15) is 18.1 Å². The van der Waals surface area contributed by atoms with Gasteiger partial charge in [0.1, 0.15) is 0 Å². The third-order valence-corrected chi connectivity index (χ3v) is 2.97. The molecule has 0 aliphatic carbocycles. The van der Waals surface area contributed by atoms with Gasteiger partial charge >= 0.3 is 0 Å². The van der Waals surface area contributed by atoms with Crippen molar-refractivity contribution in [3.05, 3.63) is 22.2 Å². The fourth-order valence-electron chi connectivity index (χ4n) is 1.73. The number of hydroxylamine groups is 1. The van der Waals surface area contributed by atoms with E-state index in [1.54, 1.807) is 21.3 Å². The highest BCUT2D eigenvalue weighted by Gasteiger charge is 2.16. The molecule has 1 aromatic rings. The highest BCUT2D eigenvalue weighted by Crippen LogP contribution is 2.39. The highest BCUT2D eigenvalue weighted by molar-refractivity contribution is 6.33. The lowest BCUT2D eigenvalue weighted by Gasteiger charge is -2.16. The van der Waals surface area contributed by atoms with Crippen LogP contribution in [0, 0.1) is 0 Å². The molecule has 0 aliphatic rings. The third-order valence-electron chi connectivity index (χ3n) is 2.57. The summed E-state index contributed by atoms with van der Waals surface area (Å²) < 4.78 is 10.5. The van der Waals surface area contributed by atoms with E-state index >= 15 is 0 Å². The quantitative estimate of drug-likeness (QED) is 0.797. The molecule has 0 spiro atoms. The maximum Gasteiger partial charge on any atom is 0.179 e. The molecule has 0 radical (unpaired) electrons. The van der Waals surface area contributed by atoms with Crippen LogP contribution in [0.3, 0.4) is 0 Å². The molecule has 0 fully saturated rings. The van der Waals surface area contributed by atoms with Crippen molar-refractivity contribution >= 4 is 11.6 Å². The average Bonchev–Trinajstić information content (AvgIpc) is 2.35. The maximum absolute atomic E-state index is 6.30. The number of hydrogen-bond acceptors (Lipinski definition) is 4. The van der Waals surface area contributed by atoms with Crippen molar-refractivity contribution in [2.75, 3.05) is 21.3 Å². The standard InChI is InChI=1S/C12H18ClNO3/c1-5-9-8(7-14-17-4)6-10(15-2)12(16-3)11(9)13/h6,14H,5,7H2,1-4H3. The van der Waals surface area contributed by atoms with Gasteiger partial charge in [-0.15, -0.1) is 0 Å². The monoisotopic (exact) mass is 259 g/mol. The van der Waals surface area contributed by atoms with Crippen LogP contribution in [-0.4, -0.2) is 21.3 Å². The molecule has 4 nitrogen and oxygen atoms in total. The second-order valence-corrected chi connectivity index (χ2v) is 3.82. The number of halogens is 1. The lowest BCUT2D eigenvalue weighted by atomic mass is 10.0. The van der Waals surface area contributed by atoms with Gasteiger partial charge in [0, 0.05) is 6.54 Å². The molecule has 0 saturated carbocycles. The largest absolute Gasteiger partial charge is 0.493 e. The topological polar surface area (TPSA) is 39.7 Å². The van der Waals surface area contributed by atoms with Crippen LogP contribution < -0.4 is 15.0 Å². The van der Waals surface area contributed by atoms with Gasteiger partial charge in [-0.3, -0.25) is 0 Å². The van der Waals surface area contributed by atoms with Crippen LogP contribution in [-0.2, 0) is 17.8 Å². The summed E-state index contributed by atoms with van der Waals surface area (Å²) in [4.78, 5) is 4.85. The summed E-state index contributed by atoms with van der Waals surface area (Å²) in [5, 5.41) is 0.599. The van der Waals surface area contributed by atoms with Crippen LogP contribution >= 0.6 is 11.6 Å². The van der Waals surface area contributed by atoms with Crippen LogP contribution in [0.2, 0.25) is 5.02 Å². The van der Waals surface area contributed by atoms with E-state index in [4.69, 9.17) is 25.9 Å². The van der Waals surface area contributed by atoms with Crippen molar-refractivity contribution in [3.63, 3.8) is 0 Å².